The highest BCUT2D eigenvalue weighted by Crippen LogP contribution is 2.37. The standard InChI is InChI=1S/C35H33N3O4/c1-2-28(24-13-5-3-6-14-24)38-35(41)32-27-18-10-11-19-29(27)37-33(25-15-7-4-8-16-25)34(32)42-22-21-36-31(40)23-26-17-9-12-20-30(26)39/h3-20,28,39H,2,21-23H2,1H3,(H,36,40)(H,38,41). The minimum Gasteiger partial charge on any atom is -0.508 e. The van der Waals surface area contributed by atoms with E-state index in [1.165, 1.54) is 0 Å². The molecule has 1 heterocycles. The van der Waals surface area contributed by atoms with Gasteiger partial charge in [-0.3, -0.25) is 9.59 Å². The molecule has 7 nitrogen and oxygen atoms in total. The summed E-state index contributed by atoms with van der Waals surface area (Å²) in [5.41, 5.74) is 4.00. The molecule has 3 N–H and O–H groups in total. The first-order valence-electron chi connectivity index (χ1n) is 14.1. The van der Waals surface area contributed by atoms with Gasteiger partial charge in [-0.1, -0.05) is 104 Å². The first-order valence-corrected chi connectivity index (χ1v) is 14.1. The molecule has 7 heteroatoms. The lowest BCUT2D eigenvalue weighted by atomic mass is 10.00. The molecule has 4 aromatic carbocycles. The number of aromatic nitrogens is 1. The van der Waals surface area contributed by atoms with Gasteiger partial charge < -0.3 is 20.5 Å². The molecule has 5 rings (SSSR count). The summed E-state index contributed by atoms with van der Waals surface area (Å²) in [5, 5.41) is 16.7. The van der Waals surface area contributed by atoms with E-state index in [9.17, 15) is 14.7 Å². The third kappa shape index (κ3) is 6.58. The number of hydrogen-bond donors (Lipinski definition) is 3. The van der Waals surface area contributed by atoms with Crippen molar-refractivity contribution in [1.29, 1.82) is 0 Å². The van der Waals surface area contributed by atoms with Gasteiger partial charge in [0.1, 0.15) is 18.1 Å². The summed E-state index contributed by atoms with van der Waals surface area (Å²) in [5.74, 6) is -0.0721. The Labute approximate surface area is 245 Å². The number of nitrogens with one attached hydrogen (secondary N) is 2. The summed E-state index contributed by atoms with van der Waals surface area (Å²) in [6.45, 7) is 2.35. The van der Waals surface area contributed by atoms with Crippen molar-refractivity contribution >= 4 is 22.7 Å². The molecule has 1 atom stereocenters. The van der Waals surface area contributed by atoms with Crippen LogP contribution in [0, 0.1) is 0 Å². The van der Waals surface area contributed by atoms with Crippen molar-refractivity contribution in [1.82, 2.24) is 15.6 Å². The fourth-order valence-electron chi connectivity index (χ4n) is 4.93. The maximum Gasteiger partial charge on any atom is 0.256 e. The molecule has 0 spiro atoms. The van der Waals surface area contributed by atoms with Crippen molar-refractivity contribution in [2.75, 3.05) is 13.2 Å². The van der Waals surface area contributed by atoms with E-state index in [4.69, 9.17) is 9.72 Å². The lowest BCUT2D eigenvalue weighted by Gasteiger charge is -2.21. The second-order valence-electron chi connectivity index (χ2n) is 9.90. The van der Waals surface area contributed by atoms with Gasteiger partial charge in [-0.25, -0.2) is 4.98 Å². The lowest BCUT2D eigenvalue weighted by Crippen LogP contribution is -2.31. The number of hydrogen-bond acceptors (Lipinski definition) is 5. The summed E-state index contributed by atoms with van der Waals surface area (Å²) >= 11 is 0. The zero-order valence-electron chi connectivity index (χ0n) is 23.4. The van der Waals surface area contributed by atoms with Crippen LogP contribution in [0.15, 0.2) is 109 Å². The SMILES string of the molecule is CCC(NC(=O)c1c(OCCNC(=O)Cc2ccccc2O)c(-c2ccccc2)nc2ccccc12)c1ccccc1. The number of carbonyl (C=O) groups excluding carboxylic acids is 2. The Bertz CT molecular complexity index is 1670. The number of ether oxygens (including phenoxy) is 1. The Hall–Kier alpha value is -5.17. The number of rotatable bonds is 11. The Morgan fingerprint density at radius 2 is 1.52 bits per heavy atom. The monoisotopic (exact) mass is 559 g/mol. The number of benzene rings is 4. The minimum atomic E-state index is -0.264. The van der Waals surface area contributed by atoms with E-state index >= 15 is 0 Å². The van der Waals surface area contributed by atoms with Gasteiger partial charge in [0, 0.05) is 16.5 Å². The van der Waals surface area contributed by atoms with Crippen LogP contribution < -0.4 is 15.4 Å². The zero-order valence-corrected chi connectivity index (χ0v) is 23.4. The van der Waals surface area contributed by atoms with Gasteiger partial charge in [-0.2, -0.15) is 0 Å². The molecule has 42 heavy (non-hydrogen) atoms. The number of para-hydroxylation sites is 2. The zero-order chi connectivity index (χ0) is 29.3. The van der Waals surface area contributed by atoms with Crippen molar-refractivity contribution in [3.8, 4) is 22.8 Å². The maximum atomic E-state index is 14.1. The highest BCUT2D eigenvalue weighted by molar-refractivity contribution is 6.10. The van der Waals surface area contributed by atoms with Gasteiger partial charge in [0.05, 0.1) is 30.1 Å². The quantitative estimate of drug-likeness (QED) is 0.167. The molecule has 0 radical (unpaired) electrons. The lowest BCUT2D eigenvalue weighted by molar-refractivity contribution is -0.120. The molecular formula is C35H33N3O4. The van der Waals surface area contributed by atoms with Crippen LogP contribution >= 0.6 is 0 Å². The normalized spacial score (nSPS) is 11.5. The molecule has 0 aliphatic carbocycles. The number of aromatic hydroxyl groups is 1. The Morgan fingerprint density at radius 1 is 0.857 bits per heavy atom. The van der Waals surface area contributed by atoms with Crippen molar-refractivity contribution in [2.24, 2.45) is 0 Å². The summed E-state index contributed by atoms with van der Waals surface area (Å²) in [4.78, 5) is 31.5. The highest BCUT2D eigenvalue weighted by Gasteiger charge is 2.25. The molecule has 0 fully saturated rings. The Kier molecular flexibility index (Phi) is 9.09. The van der Waals surface area contributed by atoms with Gasteiger partial charge in [-0.05, 0) is 24.1 Å². The largest absolute Gasteiger partial charge is 0.508 e. The number of phenolic OH excluding ortho intramolecular Hbond substituents is 1. The number of amides is 2. The van der Waals surface area contributed by atoms with Crippen LogP contribution in [0.4, 0.5) is 0 Å². The van der Waals surface area contributed by atoms with E-state index in [2.05, 4.69) is 10.6 Å². The molecular weight excluding hydrogens is 526 g/mol. The van der Waals surface area contributed by atoms with Crippen LogP contribution in [0.1, 0.15) is 40.9 Å². The summed E-state index contributed by atoms with van der Waals surface area (Å²) < 4.78 is 6.31. The first-order chi connectivity index (χ1) is 20.5. The van der Waals surface area contributed by atoms with Gasteiger partial charge in [0.15, 0.2) is 5.75 Å². The summed E-state index contributed by atoms with van der Waals surface area (Å²) in [6, 6.07) is 33.6. The predicted octanol–water partition coefficient (Wildman–Crippen LogP) is 6.23. The molecule has 0 saturated carbocycles. The molecule has 0 bridgehead atoms. The molecule has 0 aliphatic rings. The third-order valence-corrected chi connectivity index (χ3v) is 7.05. The van der Waals surface area contributed by atoms with Crippen LogP contribution in [0.2, 0.25) is 0 Å². The predicted molar refractivity (Wildman–Crippen MR) is 164 cm³/mol. The van der Waals surface area contributed by atoms with Crippen LogP contribution in [0.5, 0.6) is 11.5 Å². The highest BCUT2D eigenvalue weighted by atomic mass is 16.5. The molecule has 5 aromatic rings. The van der Waals surface area contributed by atoms with Crippen LogP contribution in [-0.4, -0.2) is 35.1 Å². The molecule has 0 saturated heterocycles. The van der Waals surface area contributed by atoms with Crippen molar-refractivity contribution in [2.45, 2.75) is 25.8 Å². The Balaban J connectivity index is 1.45. The van der Waals surface area contributed by atoms with Crippen LogP contribution in [-0.2, 0) is 11.2 Å². The average molecular weight is 560 g/mol. The Morgan fingerprint density at radius 3 is 2.26 bits per heavy atom. The van der Waals surface area contributed by atoms with E-state index in [0.717, 1.165) is 11.1 Å². The second-order valence-corrected chi connectivity index (χ2v) is 9.90. The fourth-order valence-corrected chi connectivity index (χ4v) is 4.93. The molecule has 1 aromatic heterocycles. The molecule has 0 aliphatic heterocycles. The average Bonchev–Trinajstić information content (AvgIpc) is 3.03. The number of nitrogens with zero attached hydrogens (tertiary/aromatic N) is 1. The molecule has 2 amide bonds. The summed E-state index contributed by atoms with van der Waals surface area (Å²) in [7, 11) is 0. The molecule has 1 unspecified atom stereocenters. The van der Waals surface area contributed by atoms with Gasteiger partial charge in [0.25, 0.3) is 5.91 Å². The number of carbonyl (C=O) groups is 2. The van der Waals surface area contributed by atoms with Crippen molar-refractivity contribution in [3.05, 3.63) is 126 Å². The summed E-state index contributed by atoms with van der Waals surface area (Å²) in [6.07, 6.45) is 0.758. The van der Waals surface area contributed by atoms with E-state index in [0.29, 0.717) is 39.9 Å². The van der Waals surface area contributed by atoms with Crippen molar-refractivity contribution < 1.29 is 19.4 Å². The number of pyridine rings is 1. The fraction of sp³-hybridized carbons (Fsp3) is 0.171. The van der Waals surface area contributed by atoms with Gasteiger partial charge >= 0.3 is 0 Å². The topological polar surface area (TPSA) is 101 Å². The van der Waals surface area contributed by atoms with E-state index in [-0.39, 0.29) is 43.2 Å². The van der Waals surface area contributed by atoms with E-state index < -0.39 is 0 Å². The number of phenols is 1. The smallest absolute Gasteiger partial charge is 0.256 e. The van der Waals surface area contributed by atoms with Crippen LogP contribution in [0.25, 0.3) is 22.2 Å². The van der Waals surface area contributed by atoms with Crippen LogP contribution in [0.3, 0.4) is 0 Å². The van der Waals surface area contributed by atoms with E-state index in [1.54, 1.807) is 24.3 Å². The number of fused-ring (bicyclic) bond motifs is 1. The van der Waals surface area contributed by atoms with Crippen molar-refractivity contribution in [3.63, 3.8) is 0 Å². The molecule has 212 valence electrons. The maximum absolute atomic E-state index is 14.1. The minimum absolute atomic E-state index is 0.0466. The van der Waals surface area contributed by atoms with E-state index in [1.807, 2.05) is 91.9 Å². The first kappa shape index (κ1) is 28.4. The van der Waals surface area contributed by atoms with Gasteiger partial charge in [-0.15, -0.1) is 0 Å². The third-order valence-electron chi connectivity index (χ3n) is 7.05. The second kappa shape index (κ2) is 13.5. The van der Waals surface area contributed by atoms with Gasteiger partial charge in [0.2, 0.25) is 5.91 Å².